The van der Waals surface area contributed by atoms with E-state index in [1.54, 1.807) is 30.1 Å². The van der Waals surface area contributed by atoms with Crippen LogP contribution < -0.4 is 10.6 Å². The highest BCUT2D eigenvalue weighted by Crippen LogP contribution is 2.31. The molecule has 1 fully saturated rings. The lowest BCUT2D eigenvalue weighted by molar-refractivity contribution is 0.313. The molecule has 1 aliphatic heterocycles. The number of nitrogens with one attached hydrogen (secondary N) is 1. The fourth-order valence-electron chi connectivity index (χ4n) is 2.43. The molecule has 0 spiro atoms. The third-order valence-corrected chi connectivity index (χ3v) is 4.57. The first-order valence-corrected chi connectivity index (χ1v) is 7.87. The van der Waals surface area contributed by atoms with E-state index in [-0.39, 0.29) is 13.1 Å². The number of nitrogens with two attached hydrogens (primary N) is 1. The Bertz CT molecular complexity index is 949. The van der Waals surface area contributed by atoms with Gasteiger partial charge in [0.25, 0.3) is 0 Å². The average Bonchev–Trinajstić information content (AvgIpc) is 3.09. The van der Waals surface area contributed by atoms with E-state index in [0.29, 0.717) is 17.2 Å². The van der Waals surface area contributed by atoms with E-state index in [1.807, 2.05) is 11.4 Å². The SMILES string of the molecule is [2H]C1([2H])CN(C)CC([2H])([2H])N1c1ccc2nc(-c3sccc3N)[nH]c2c1. The van der Waals surface area contributed by atoms with Crippen molar-refractivity contribution in [3.63, 3.8) is 0 Å². The number of nitrogen functional groups attached to an aromatic ring is 1. The van der Waals surface area contributed by atoms with E-state index in [9.17, 15) is 0 Å². The number of rotatable bonds is 2. The molecule has 3 N–H and O–H groups in total. The molecule has 114 valence electrons. The first kappa shape index (κ1) is 9.86. The number of piperazine rings is 1. The predicted octanol–water partition coefficient (Wildman–Crippen LogP) is 2.63. The lowest BCUT2D eigenvalue weighted by atomic mass is 10.2. The molecule has 3 aromatic rings. The maximum atomic E-state index is 8.33. The number of imidazole rings is 1. The summed E-state index contributed by atoms with van der Waals surface area (Å²) in [6.45, 7) is -3.40. The lowest BCUT2D eigenvalue weighted by Crippen LogP contribution is -2.44. The molecule has 6 heteroatoms. The molecule has 0 amide bonds. The van der Waals surface area contributed by atoms with Gasteiger partial charge in [-0.3, -0.25) is 0 Å². The zero-order valence-electron chi connectivity index (χ0n) is 16.1. The van der Waals surface area contributed by atoms with Gasteiger partial charge in [-0.2, -0.15) is 0 Å². The van der Waals surface area contributed by atoms with Crippen LogP contribution in [-0.2, 0) is 0 Å². The highest BCUT2D eigenvalue weighted by atomic mass is 32.1. The van der Waals surface area contributed by atoms with Crippen molar-refractivity contribution in [3.8, 4) is 10.7 Å². The summed E-state index contributed by atoms with van der Waals surface area (Å²) in [5.41, 5.74) is 8.55. The molecule has 1 aliphatic rings. The van der Waals surface area contributed by atoms with Gasteiger partial charge in [0.15, 0.2) is 5.82 Å². The standard InChI is InChI=1S/C16H19N5S/c1-20-5-7-21(8-6-20)11-2-3-13-14(10-11)19-16(18-13)15-12(17)4-9-22-15/h2-4,9-10H,5-8,17H2,1H3,(H,18,19)/i7D2,8D2. The van der Waals surface area contributed by atoms with E-state index >= 15 is 0 Å². The summed E-state index contributed by atoms with van der Waals surface area (Å²) in [6.07, 6.45) is 0. The summed E-state index contributed by atoms with van der Waals surface area (Å²) in [5, 5.41) is 1.90. The second kappa shape index (κ2) is 5.30. The third kappa shape index (κ3) is 2.34. The number of nitrogens with zero attached hydrogens (tertiary/aromatic N) is 3. The van der Waals surface area contributed by atoms with Gasteiger partial charge in [-0.1, -0.05) is 0 Å². The van der Waals surface area contributed by atoms with Crippen LogP contribution in [0.5, 0.6) is 0 Å². The Hall–Kier alpha value is -2.05. The van der Waals surface area contributed by atoms with Crippen LogP contribution in [0, 0.1) is 0 Å². The first-order valence-electron chi connectivity index (χ1n) is 8.99. The van der Waals surface area contributed by atoms with Gasteiger partial charge in [0, 0.05) is 31.8 Å². The smallest absolute Gasteiger partial charge is 0.150 e. The second-order valence-corrected chi connectivity index (χ2v) is 6.23. The molecule has 0 radical (unpaired) electrons. The number of aromatic nitrogens is 2. The van der Waals surface area contributed by atoms with Crippen molar-refractivity contribution in [2.75, 3.05) is 43.8 Å². The average molecular weight is 317 g/mol. The molecule has 0 aliphatic carbocycles. The fraction of sp³-hybridized carbons (Fsp3) is 0.312. The van der Waals surface area contributed by atoms with Crippen LogP contribution in [0.1, 0.15) is 5.48 Å². The van der Waals surface area contributed by atoms with Crippen molar-refractivity contribution < 1.29 is 5.48 Å². The van der Waals surface area contributed by atoms with E-state index < -0.39 is 13.0 Å². The summed E-state index contributed by atoms with van der Waals surface area (Å²) >= 11 is 1.50. The molecule has 0 bridgehead atoms. The largest absolute Gasteiger partial charge is 0.397 e. The molecule has 22 heavy (non-hydrogen) atoms. The minimum Gasteiger partial charge on any atom is -0.397 e. The van der Waals surface area contributed by atoms with Gasteiger partial charge < -0.3 is 20.5 Å². The van der Waals surface area contributed by atoms with Crippen LogP contribution in [0.2, 0.25) is 0 Å². The van der Waals surface area contributed by atoms with Crippen LogP contribution in [0.25, 0.3) is 21.7 Å². The molecule has 0 saturated carbocycles. The summed E-state index contributed by atoms with van der Waals surface area (Å²) < 4.78 is 33.3. The Morgan fingerprint density at radius 2 is 2.14 bits per heavy atom. The molecule has 2 aromatic heterocycles. The first-order chi connectivity index (χ1) is 12.2. The highest BCUT2D eigenvalue weighted by Gasteiger charge is 2.16. The summed E-state index contributed by atoms with van der Waals surface area (Å²) in [7, 11) is 1.72. The Balaban J connectivity index is 1.79. The summed E-state index contributed by atoms with van der Waals surface area (Å²) in [4.78, 5) is 11.5. The van der Waals surface area contributed by atoms with E-state index in [0.717, 1.165) is 15.9 Å². The zero-order valence-corrected chi connectivity index (χ0v) is 12.9. The molecular weight excluding hydrogens is 294 g/mol. The van der Waals surface area contributed by atoms with Crippen molar-refractivity contribution in [1.82, 2.24) is 14.9 Å². The van der Waals surface area contributed by atoms with Crippen LogP contribution in [-0.4, -0.2) is 48.0 Å². The van der Waals surface area contributed by atoms with Crippen molar-refractivity contribution in [3.05, 3.63) is 29.6 Å². The maximum absolute atomic E-state index is 8.33. The lowest BCUT2D eigenvalue weighted by Gasteiger charge is -2.34. The van der Waals surface area contributed by atoms with Gasteiger partial charge in [-0.15, -0.1) is 11.3 Å². The minimum atomic E-state index is -1.83. The van der Waals surface area contributed by atoms with Crippen LogP contribution in [0.3, 0.4) is 0 Å². The number of likely N-dealkylation sites (N-methyl/N-ethyl adjacent to an activating group) is 1. The van der Waals surface area contributed by atoms with Crippen LogP contribution in [0.15, 0.2) is 29.6 Å². The number of aromatic amines is 1. The van der Waals surface area contributed by atoms with Crippen molar-refractivity contribution >= 4 is 33.7 Å². The molecule has 5 nitrogen and oxygen atoms in total. The molecule has 1 aromatic carbocycles. The normalized spacial score (nSPS) is 23.8. The van der Waals surface area contributed by atoms with Crippen molar-refractivity contribution in [2.45, 2.75) is 0 Å². The number of hydrogen-bond donors (Lipinski definition) is 2. The predicted molar refractivity (Wildman–Crippen MR) is 93.5 cm³/mol. The number of H-pyrrole nitrogens is 1. The molecule has 0 atom stereocenters. The highest BCUT2D eigenvalue weighted by molar-refractivity contribution is 7.14. The van der Waals surface area contributed by atoms with Crippen LogP contribution >= 0.6 is 11.3 Å². The Kier molecular flexibility index (Phi) is 2.38. The molecule has 4 rings (SSSR count). The summed E-state index contributed by atoms with van der Waals surface area (Å²) in [6, 6.07) is 7.06. The van der Waals surface area contributed by atoms with E-state index in [1.165, 1.54) is 16.2 Å². The van der Waals surface area contributed by atoms with Gasteiger partial charge in [0.05, 0.1) is 27.1 Å². The number of fused-ring (bicyclic) bond motifs is 1. The number of benzene rings is 1. The van der Waals surface area contributed by atoms with Gasteiger partial charge in [0.2, 0.25) is 0 Å². The fourth-order valence-corrected chi connectivity index (χ4v) is 3.20. The molecule has 1 saturated heterocycles. The minimum absolute atomic E-state index is 0.129. The van der Waals surface area contributed by atoms with Gasteiger partial charge in [-0.25, -0.2) is 4.98 Å². The van der Waals surface area contributed by atoms with Gasteiger partial charge in [0.1, 0.15) is 0 Å². The quantitative estimate of drug-likeness (QED) is 0.763. The van der Waals surface area contributed by atoms with E-state index in [2.05, 4.69) is 9.97 Å². The van der Waals surface area contributed by atoms with Gasteiger partial charge in [-0.05, 0) is 36.7 Å². The molecule has 3 heterocycles. The Morgan fingerprint density at radius 3 is 2.86 bits per heavy atom. The van der Waals surface area contributed by atoms with Crippen molar-refractivity contribution in [2.24, 2.45) is 0 Å². The summed E-state index contributed by atoms with van der Waals surface area (Å²) in [5.74, 6) is 0.661. The Labute approximate surface area is 139 Å². The zero-order chi connectivity index (χ0) is 18.7. The molecule has 0 unspecified atom stereocenters. The maximum Gasteiger partial charge on any atom is 0.150 e. The molecular formula is C16H19N5S. The van der Waals surface area contributed by atoms with Crippen LogP contribution in [0.4, 0.5) is 11.4 Å². The van der Waals surface area contributed by atoms with Gasteiger partial charge >= 0.3 is 0 Å². The number of anilines is 2. The number of thiophene rings is 1. The van der Waals surface area contributed by atoms with E-state index in [4.69, 9.17) is 11.2 Å². The number of hydrogen-bond acceptors (Lipinski definition) is 5. The Morgan fingerprint density at radius 1 is 1.32 bits per heavy atom. The van der Waals surface area contributed by atoms with Crippen molar-refractivity contribution in [1.29, 1.82) is 0 Å². The monoisotopic (exact) mass is 317 g/mol. The topological polar surface area (TPSA) is 61.2 Å². The second-order valence-electron chi connectivity index (χ2n) is 5.32. The third-order valence-electron chi connectivity index (χ3n) is 3.63.